The molecular weight excluding hydrogens is 242 g/mol. The summed E-state index contributed by atoms with van der Waals surface area (Å²) in [6.07, 6.45) is 0. The third-order valence-corrected chi connectivity index (χ3v) is 3.34. The summed E-state index contributed by atoms with van der Waals surface area (Å²) in [6.45, 7) is 3.86. The molecular formula is C14H23N3O2. The number of carbonyl (C=O) groups excluding carboxylic acids is 1. The number of aliphatic hydroxyl groups is 1. The zero-order valence-electron chi connectivity index (χ0n) is 12.3. The number of hydrogen-bond acceptors (Lipinski definition) is 4. The van der Waals surface area contributed by atoms with E-state index in [1.54, 1.807) is 26.2 Å². The van der Waals surface area contributed by atoms with E-state index >= 15 is 0 Å². The van der Waals surface area contributed by atoms with Gasteiger partial charge in [0, 0.05) is 26.7 Å². The van der Waals surface area contributed by atoms with Crippen LogP contribution in [-0.2, 0) is 0 Å². The van der Waals surface area contributed by atoms with Crippen LogP contribution in [0.4, 0.5) is 11.4 Å². The number of rotatable bonds is 4. The van der Waals surface area contributed by atoms with Crippen LogP contribution in [0.15, 0.2) is 18.2 Å². The topological polar surface area (TPSA) is 69.8 Å². The van der Waals surface area contributed by atoms with Crippen LogP contribution in [0.1, 0.15) is 24.2 Å². The van der Waals surface area contributed by atoms with Gasteiger partial charge in [0.15, 0.2) is 0 Å². The summed E-state index contributed by atoms with van der Waals surface area (Å²) in [6, 6.07) is 5.23. The first-order valence-corrected chi connectivity index (χ1v) is 6.16. The Kier molecular flexibility index (Phi) is 4.42. The first kappa shape index (κ1) is 15.3. The van der Waals surface area contributed by atoms with Crippen molar-refractivity contribution in [1.29, 1.82) is 0 Å². The molecule has 1 rings (SSSR count). The van der Waals surface area contributed by atoms with Gasteiger partial charge in [-0.2, -0.15) is 0 Å². The zero-order valence-corrected chi connectivity index (χ0v) is 12.3. The molecule has 0 heterocycles. The van der Waals surface area contributed by atoms with Crippen molar-refractivity contribution < 1.29 is 9.90 Å². The summed E-state index contributed by atoms with van der Waals surface area (Å²) in [5, 5.41) is 9.39. The number of nitrogens with zero attached hydrogens (tertiary/aromatic N) is 2. The summed E-state index contributed by atoms with van der Waals surface area (Å²) in [5.74, 6) is -0.0812. The lowest BCUT2D eigenvalue weighted by Gasteiger charge is -2.36. The molecule has 0 saturated heterocycles. The van der Waals surface area contributed by atoms with Crippen molar-refractivity contribution in [2.45, 2.75) is 19.4 Å². The molecule has 0 aromatic heterocycles. The summed E-state index contributed by atoms with van der Waals surface area (Å²) in [5.41, 5.74) is 7.48. The molecule has 0 saturated carbocycles. The van der Waals surface area contributed by atoms with Crippen LogP contribution in [0.3, 0.4) is 0 Å². The van der Waals surface area contributed by atoms with Crippen LogP contribution < -0.4 is 10.6 Å². The number of nitrogen functional groups attached to an aromatic ring is 1. The largest absolute Gasteiger partial charge is 0.397 e. The number of aliphatic hydroxyl groups excluding tert-OH is 1. The predicted molar refractivity (Wildman–Crippen MR) is 78.4 cm³/mol. The number of hydrogen-bond donors (Lipinski definition) is 2. The van der Waals surface area contributed by atoms with Crippen molar-refractivity contribution in [3.8, 4) is 0 Å². The zero-order chi connectivity index (χ0) is 14.8. The lowest BCUT2D eigenvalue weighted by molar-refractivity contribution is 0.0827. The Labute approximate surface area is 114 Å². The number of likely N-dealkylation sites (N-methyl/N-ethyl adjacent to an activating group) is 1. The fourth-order valence-corrected chi connectivity index (χ4v) is 1.68. The van der Waals surface area contributed by atoms with E-state index in [0.29, 0.717) is 11.3 Å². The van der Waals surface area contributed by atoms with Crippen LogP contribution in [0.25, 0.3) is 0 Å². The van der Waals surface area contributed by atoms with Gasteiger partial charge >= 0.3 is 0 Å². The van der Waals surface area contributed by atoms with E-state index in [1.165, 1.54) is 4.90 Å². The Morgan fingerprint density at radius 3 is 2.32 bits per heavy atom. The van der Waals surface area contributed by atoms with Gasteiger partial charge in [0.1, 0.15) is 0 Å². The molecule has 1 amide bonds. The molecule has 0 fully saturated rings. The Hall–Kier alpha value is -1.75. The molecule has 106 valence electrons. The quantitative estimate of drug-likeness (QED) is 0.802. The van der Waals surface area contributed by atoms with Gasteiger partial charge in [-0.25, -0.2) is 0 Å². The first-order chi connectivity index (χ1) is 8.70. The smallest absolute Gasteiger partial charge is 0.253 e. The van der Waals surface area contributed by atoms with Gasteiger partial charge < -0.3 is 20.6 Å². The average Bonchev–Trinajstić information content (AvgIpc) is 2.36. The van der Waals surface area contributed by atoms with E-state index in [0.717, 1.165) is 5.69 Å². The molecule has 3 N–H and O–H groups in total. The maximum absolute atomic E-state index is 11.8. The molecule has 0 bridgehead atoms. The molecule has 5 nitrogen and oxygen atoms in total. The van der Waals surface area contributed by atoms with Crippen molar-refractivity contribution in [2.75, 3.05) is 38.4 Å². The number of benzene rings is 1. The van der Waals surface area contributed by atoms with Gasteiger partial charge in [0.25, 0.3) is 5.91 Å². The lowest BCUT2D eigenvalue weighted by atomic mass is 10.0. The maximum atomic E-state index is 11.8. The third-order valence-electron chi connectivity index (χ3n) is 3.34. The first-order valence-electron chi connectivity index (χ1n) is 6.16. The summed E-state index contributed by atoms with van der Waals surface area (Å²) in [7, 11) is 5.27. The molecule has 5 heteroatoms. The van der Waals surface area contributed by atoms with Gasteiger partial charge in [0.2, 0.25) is 0 Å². The minimum atomic E-state index is -0.415. The van der Waals surface area contributed by atoms with Crippen LogP contribution in [0, 0.1) is 0 Å². The van der Waals surface area contributed by atoms with E-state index in [9.17, 15) is 9.90 Å². The second kappa shape index (κ2) is 5.48. The highest BCUT2D eigenvalue weighted by atomic mass is 16.3. The highest BCUT2D eigenvalue weighted by Crippen LogP contribution is 2.28. The van der Waals surface area contributed by atoms with Gasteiger partial charge in [0.05, 0.1) is 23.5 Å². The van der Waals surface area contributed by atoms with Crippen molar-refractivity contribution in [1.82, 2.24) is 4.90 Å². The Morgan fingerprint density at radius 2 is 1.89 bits per heavy atom. The van der Waals surface area contributed by atoms with Gasteiger partial charge in [-0.05, 0) is 32.0 Å². The van der Waals surface area contributed by atoms with Gasteiger partial charge in [-0.1, -0.05) is 0 Å². The summed E-state index contributed by atoms with van der Waals surface area (Å²) < 4.78 is 0. The molecule has 1 aromatic rings. The average molecular weight is 265 g/mol. The molecule has 0 aliphatic heterocycles. The van der Waals surface area contributed by atoms with Gasteiger partial charge in [-0.3, -0.25) is 4.79 Å². The fourth-order valence-electron chi connectivity index (χ4n) is 1.68. The second-order valence-electron chi connectivity index (χ2n) is 5.50. The molecule has 19 heavy (non-hydrogen) atoms. The predicted octanol–water partition coefficient (Wildman–Crippen LogP) is 1.18. The summed E-state index contributed by atoms with van der Waals surface area (Å²) >= 11 is 0. The third kappa shape index (κ3) is 3.17. The Morgan fingerprint density at radius 1 is 1.32 bits per heavy atom. The Balaban J connectivity index is 3.11. The molecule has 0 aliphatic carbocycles. The van der Waals surface area contributed by atoms with E-state index in [4.69, 9.17) is 5.73 Å². The lowest BCUT2D eigenvalue weighted by Crippen LogP contribution is -2.44. The van der Waals surface area contributed by atoms with Crippen molar-refractivity contribution in [3.05, 3.63) is 23.8 Å². The molecule has 0 aliphatic rings. The number of nitrogens with two attached hydrogens (primary N) is 1. The van der Waals surface area contributed by atoms with E-state index in [2.05, 4.69) is 0 Å². The van der Waals surface area contributed by atoms with Crippen molar-refractivity contribution >= 4 is 17.3 Å². The SMILES string of the molecule is CN(C)C(=O)c1ccc(N(C)C(C)(C)CO)c(N)c1. The standard InChI is InChI=1S/C14H23N3O2/c1-14(2,9-18)17(5)12-7-6-10(8-11(12)15)13(19)16(3)4/h6-8,18H,9,15H2,1-5H3. The van der Waals surface area contributed by atoms with Crippen LogP contribution in [-0.4, -0.2) is 49.2 Å². The minimum absolute atomic E-state index is 0.0152. The fraction of sp³-hybridized carbons (Fsp3) is 0.500. The van der Waals surface area contributed by atoms with Crippen LogP contribution in [0.5, 0.6) is 0 Å². The molecule has 0 atom stereocenters. The highest BCUT2D eigenvalue weighted by Gasteiger charge is 2.24. The number of carbonyl (C=O) groups is 1. The van der Waals surface area contributed by atoms with Crippen LogP contribution >= 0.6 is 0 Å². The second-order valence-corrected chi connectivity index (χ2v) is 5.50. The van der Waals surface area contributed by atoms with E-state index < -0.39 is 5.54 Å². The highest BCUT2D eigenvalue weighted by molar-refractivity contribution is 5.95. The molecule has 1 aromatic carbocycles. The normalized spacial score (nSPS) is 11.3. The van der Waals surface area contributed by atoms with Crippen molar-refractivity contribution in [3.63, 3.8) is 0 Å². The number of amides is 1. The molecule has 0 radical (unpaired) electrons. The Bertz CT molecular complexity index is 470. The van der Waals surface area contributed by atoms with Crippen molar-refractivity contribution in [2.24, 2.45) is 0 Å². The maximum Gasteiger partial charge on any atom is 0.253 e. The summed E-state index contributed by atoms with van der Waals surface area (Å²) in [4.78, 5) is 15.3. The molecule has 0 spiro atoms. The molecule has 0 unspecified atom stereocenters. The monoisotopic (exact) mass is 265 g/mol. The van der Waals surface area contributed by atoms with Gasteiger partial charge in [-0.15, -0.1) is 0 Å². The van der Waals surface area contributed by atoms with E-state index in [1.807, 2.05) is 31.9 Å². The minimum Gasteiger partial charge on any atom is -0.397 e. The number of anilines is 2. The van der Waals surface area contributed by atoms with Crippen LogP contribution in [0.2, 0.25) is 0 Å². The van der Waals surface area contributed by atoms with E-state index in [-0.39, 0.29) is 12.5 Å².